The maximum absolute atomic E-state index is 15.5. The molecule has 0 spiro atoms. The molecular weight excluding hydrogens is 1740 g/mol. The summed E-state index contributed by atoms with van der Waals surface area (Å²) in [7, 11) is 3.96. The number of aromatic nitrogens is 2. The lowest BCUT2D eigenvalue weighted by Crippen LogP contribution is -2.55. The summed E-state index contributed by atoms with van der Waals surface area (Å²) >= 11 is 0. The minimum absolute atomic E-state index is 0.0292. The number of hydrogen-bond acceptors (Lipinski definition) is 20. The molecule has 0 aliphatic carbocycles. The summed E-state index contributed by atoms with van der Waals surface area (Å²) in [6.07, 6.45) is 2.92. The summed E-state index contributed by atoms with van der Waals surface area (Å²) in [6.45, 7) is 11.8. The van der Waals surface area contributed by atoms with Gasteiger partial charge < -0.3 is 51.9 Å². The van der Waals surface area contributed by atoms with Crippen LogP contribution in [0.15, 0.2) is 143 Å². The number of piperidine rings is 2. The van der Waals surface area contributed by atoms with Crippen LogP contribution >= 0.6 is 0 Å². The number of imide groups is 4. The van der Waals surface area contributed by atoms with Crippen LogP contribution in [0.2, 0.25) is 0 Å². The molecule has 704 valence electrons. The number of rotatable bonds is 29. The van der Waals surface area contributed by atoms with Gasteiger partial charge in [0.25, 0.3) is 41.4 Å². The molecule has 0 bridgehead atoms. The number of carbonyl (C=O) groups is 12. The van der Waals surface area contributed by atoms with Crippen LogP contribution in [0.5, 0.6) is 0 Å². The van der Waals surface area contributed by atoms with Crippen molar-refractivity contribution in [2.24, 2.45) is 5.73 Å². The lowest BCUT2D eigenvalue weighted by atomic mass is 9.97. The van der Waals surface area contributed by atoms with Gasteiger partial charge in [-0.1, -0.05) is 75.3 Å². The second-order valence-electron chi connectivity index (χ2n) is 33.9. The summed E-state index contributed by atoms with van der Waals surface area (Å²) in [5.74, 6) is -9.45. The molecule has 8 heterocycles. The van der Waals surface area contributed by atoms with Gasteiger partial charge in [-0.2, -0.15) is 26.3 Å². The Labute approximate surface area is 759 Å². The van der Waals surface area contributed by atoms with Gasteiger partial charge in [0.1, 0.15) is 23.7 Å². The SMILES string of the molecule is C[C@@H]1CN(c2ccc(-c3cc(C(=O)NCCCCCCCNc4cccc5c4C(=O)N(C4CCC(=O)NC4=O)C5=O)ccc3F)cc2NC(=O)c2c[nH]c(=O)cc2C(F)(F)F)C[C@H](C)N1C.C[C@@H]1CN(c2ccc(-c3cc(C(=O)O)ccc3F)cc2NC(=O)c2c[nH]c(=O)cc2C(F)(F)F)C[C@H](C)N1C.NCCCCCCCCc1cccc2c1C(=O)N(C1CCC(=O)NC1=O)C2=O. The Bertz CT molecular complexity index is 5940. The highest BCUT2D eigenvalue weighted by Crippen LogP contribution is 2.42. The topological polar surface area (TPSA) is 408 Å². The lowest BCUT2D eigenvalue weighted by molar-refractivity contribution is -0.138. The third kappa shape index (κ3) is 23.1. The van der Waals surface area contributed by atoms with E-state index >= 15 is 4.39 Å². The number of carboxylic acid groups (broad SMARTS) is 1. The number of aromatic amines is 2. The number of hydrogen-bond donors (Lipinski definition) is 10. The van der Waals surface area contributed by atoms with Crippen molar-refractivity contribution in [3.8, 4) is 22.3 Å². The Morgan fingerprint density at radius 2 is 0.880 bits per heavy atom. The number of fused-ring (bicyclic) bond motifs is 2. The van der Waals surface area contributed by atoms with Crippen LogP contribution in [0.1, 0.15) is 224 Å². The Hall–Kier alpha value is -13.6. The number of pyridine rings is 2. The zero-order valence-electron chi connectivity index (χ0n) is 73.9. The minimum Gasteiger partial charge on any atom is -0.478 e. The van der Waals surface area contributed by atoms with E-state index < -0.39 is 134 Å². The second-order valence-corrected chi connectivity index (χ2v) is 33.9. The van der Waals surface area contributed by atoms with Gasteiger partial charge in [-0.25, -0.2) is 13.6 Å². The molecular formula is C95H103F8N15O15. The summed E-state index contributed by atoms with van der Waals surface area (Å²) in [6, 6.07) is 25.7. The third-order valence-corrected chi connectivity index (χ3v) is 24.8. The number of nitrogens with one attached hydrogen (secondary N) is 8. The molecule has 6 aromatic carbocycles. The number of likely N-dealkylation sites (N-methyl/N-ethyl adjacent to an activating group) is 2. The van der Waals surface area contributed by atoms with E-state index in [4.69, 9.17) is 5.73 Å². The molecule has 4 saturated heterocycles. The molecule has 0 saturated carbocycles. The highest BCUT2D eigenvalue weighted by molar-refractivity contribution is 6.26. The van der Waals surface area contributed by atoms with Gasteiger partial charge in [-0.3, -0.25) is 92.6 Å². The molecule has 6 aliphatic rings. The molecule has 8 aromatic rings. The van der Waals surface area contributed by atoms with E-state index in [0.717, 1.165) is 117 Å². The Morgan fingerprint density at radius 3 is 1.34 bits per heavy atom. The number of nitrogens with two attached hydrogens (primary N) is 1. The van der Waals surface area contributed by atoms with Crippen molar-refractivity contribution in [2.75, 3.05) is 85.7 Å². The Balaban J connectivity index is 0.000000200. The minimum atomic E-state index is -5.00. The van der Waals surface area contributed by atoms with Crippen LogP contribution in [0.3, 0.4) is 0 Å². The number of aryl methyl sites for hydroxylation is 1. The number of anilines is 5. The number of carboxylic acids is 1. The van der Waals surface area contributed by atoms with Crippen molar-refractivity contribution in [1.82, 2.24) is 45.5 Å². The van der Waals surface area contributed by atoms with Gasteiger partial charge >= 0.3 is 18.3 Å². The highest BCUT2D eigenvalue weighted by Gasteiger charge is 2.48. The quantitative estimate of drug-likeness (QED) is 0.0118. The number of aromatic carboxylic acids is 1. The van der Waals surface area contributed by atoms with Gasteiger partial charge in [0, 0.05) is 123 Å². The molecule has 38 heteroatoms. The Kier molecular flexibility index (Phi) is 31.6. The summed E-state index contributed by atoms with van der Waals surface area (Å²) in [4.78, 5) is 189. The number of carbonyl (C=O) groups excluding carboxylic acids is 11. The molecule has 0 radical (unpaired) electrons. The van der Waals surface area contributed by atoms with Crippen LogP contribution in [-0.2, 0) is 38.0 Å². The molecule has 133 heavy (non-hydrogen) atoms. The van der Waals surface area contributed by atoms with Crippen molar-refractivity contribution in [3.05, 3.63) is 227 Å². The fraction of sp³-hybridized carbons (Fsp3) is 0.389. The normalized spacial score (nSPS) is 18.7. The van der Waals surface area contributed by atoms with Crippen LogP contribution in [0.25, 0.3) is 22.3 Å². The number of benzene rings is 6. The summed E-state index contributed by atoms with van der Waals surface area (Å²) < 4.78 is 113. The monoisotopic (exact) mass is 1850 g/mol. The first kappa shape index (κ1) is 98.4. The third-order valence-electron chi connectivity index (χ3n) is 24.8. The standard InChI is InChI=1S/C47H50F4N8O7.C27H26F4N4O4.C21H27N3O4/c1-26-24-58(25-27(2)57(26)3)37-15-13-28(21-36(37)55-43(63)32-23-54-40(61)22-33(32)47(49,50)51)31-20-29(12-14-34(31)48)42(62)53-19-8-6-4-5-7-18-52-35-11-9-10-30-41(35)46(66)59(45(30)65)38-16-17-39(60)56-44(38)64;1-14-12-35(13-15(2)34(14)3)23-7-5-16(18-8-17(26(38)39)4-6-21(18)28)9-22(23)33-25(37)19-11-32-24(36)10-20(19)27(29,30)31;22-13-6-4-2-1-3-5-8-14-9-7-10-15-18(14)21(28)24(20(15)27)16-11-12-17(25)23-19(16)26/h9-15,20-23,26-27,38,52H,4-8,16-19,24-25H2,1-3H3,(H,53,62)(H,54,61)(H,55,63)(H,56,60,64);4-11,14-15H,12-13H2,1-3H3,(H,32,36)(H,33,37)(H,38,39);7,9-10,16H,1-6,8,11-13,22H2,(H,23,25,26)/t26-,27+,38?;14-,15+;. The number of H-pyrrole nitrogens is 2. The zero-order chi connectivity index (χ0) is 96.2. The molecule has 6 aliphatic heterocycles. The Morgan fingerprint density at radius 1 is 0.459 bits per heavy atom. The van der Waals surface area contributed by atoms with Crippen LogP contribution in [0, 0.1) is 11.6 Å². The summed E-state index contributed by atoms with van der Waals surface area (Å²) in [5, 5.41) is 24.9. The molecule has 4 fully saturated rings. The number of alkyl halides is 6. The molecule has 2 aromatic heterocycles. The predicted octanol–water partition coefficient (Wildman–Crippen LogP) is 12.8. The lowest BCUT2D eigenvalue weighted by Gasteiger charge is -2.44. The van der Waals surface area contributed by atoms with E-state index in [1.807, 2.05) is 57.7 Å². The molecule has 11 N–H and O–H groups in total. The summed E-state index contributed by atoms with van der Waals surface area (Å²) in [5.41, 5.74) is 3.21. The smallest absolute Gasteiger partial charge is 0.417 e. The van der Waals surface area contributed by atoms with Crippen molar-refractivity contribution in [3.63, 3.8) is 0 Å². The maximum Gasteiger partial charge on any atom is 0.417 e. The predicted molar refractivity (Wildman–Crippen MR) is 479 cm³/mol. The molecule has 6 atom stereocenters. The largest absolute Gasteiger partial charge is 0.478 e. The van der Waals surface area contributed by atoms with Crippen molar-refractivity contribution in [2.45, 2.75) is 179 Å². The van der Waals surface area contributed by atoms with E-state index in [9.17, 15) is 103 Å². The van der Waals surface area contributed by atoms with Gasteiger partial charge in [-0.15, -0.1) is 0 Å². The first-order valence-electron chi connectivity index (χ1n) is 43.9. The van der Waals surface area contributed by atoms with Gasteiger partial charge in [-0.05, 0) is 189 Å². The number of piperazine rings is 2. The molecule has 14 rings (SSSR count). The highest BCUT2D eigenvalue weighted by atomic mass is 19.4. The second kappa shape index (κ2) is 42.7. The number of amides is 11. The average molecular weight is 1850 g/mol. The van der Waals surface area contributed by atoms with E-state index in [-0.39, 0.29) is 112 Å². The van der Waals surface area contributed by atoms with Crippen LogP contribution < -0.4 is 58.6 Å². The molecule has 11 amide bonds. The van der Waals surface area contributed by atoms with Gasteiger partial charge in [0.2, 0.25) is 34.7 Å². The zero-order valence-corrected chi connectivity index (χ0v) is 73.9. The van der Waals surface area contributed by atoms with Crippen LogP contribution in [-0.4, -0.2) is 202 Å². The molecule has 2 unspecified atom stereocenters. The number of halogens is 8. The van der Waals surface area contributed by atoms with Crippen molar-refractivity contribution in [1.29, 1.82) is 0 Å². The molecule has 30 nitrogen and oxygen atoms in total. The van der Waals surface area contributed by atoms with E-state index in [0.29, 0.717) is 98.4 Å². The number of nitrogens with zero attached hydrogens (tertiary/aromatic N) is 6. The van der Waals surface area contributed by atoms with Crippen molar-refractivity contribution < 1.29 is 97.8 Å². The van der Waals surface area contributed by atoms with Gasteiger partial charge in [0.05, 0.1) is 72.8 Å². The van der Waals surface area contributed by atoms with Crippen LogP contribution in [0.4, 0.5) is 63.6 Å². The number of unbranched alkanes of at least 4 members (excludes halogenated alkanes) is 9. The first-order chi connectivity index (χ1) is 63.2. The van der Waals surface area contributed by atoms with E-state index in [1.54, 1.807) is 48.5 Å². The fourth-order valence-electron chi connectivity index (χ4n) is 17.2. The first-order valence-corrected chi connectivity index (χ1v) is 43.9. The fourth-order valence-corrected chi connectivity index (χ4v) is 17.2. The van der Waals surface area contributed by atoms with E-state index in [1.165, 1.54) is 30.3 Å². The van der Waals surface area contributed by atoms with Gasteiger partial charge in [0.15, 0.2) is 0 Å². The average Bonchev–Trinajstić information content (AvgIpc) is 1.60. The van der Waals surface area contributed by atoms with E-state index in [2.05, 4.69) is 51.7 Å². The maximum atomic E-state index is 15.5. The van der Waals surface area contributed by atoms with Crippen molar-refractivity contribution >= 4 is 99.4 Å².